The van der Waals surface area contributed by atoms with Crippen LogP contribution in [0.25, 0.3) is 22.0 Å². The maximum Gasteiger partial charge on any atom is 0.339 e. The van der Waals surface area contributed by atoms with Crippen LogP contribution >= 0.6 is 0 Å². The highest BCUT2D eigenvalue weighted by molar-refractivity contribution is 6.76. The Morgan fingerprint density at radius 2 is 1.70 bits per heavy atom. The Morgan fingerprint density at radius 1 is 1.02 bits per heavy atom. The van der Waals surface area contributed by atoms with E-state index in [9.17, 15) is 4.79 Å². The maximum absolute atomic E-state index is 13.6. The topological polar surface area (TPSA) is 87.9 Å². The highest BCUT2D eigenvalue weighted by atomic mass is 28.3. The minimum atomic E-state index is -1.16. The zero-order chi connectivity index (χ0) is 33.4. The van der Waals surface area contributed by atoms with E-state index < -0.39 is 25.7 Å². The zero-order valence-corrected chi connectivity index (χ0v) is 30.0. The second-order valence-corrected chi connectivity index (χ2v) is 19.9. The fourth-order valence-electron chi connectivity index (χ4n) is 6.01. The number of hydrogen-bond donors (Lipinski definition) is 0. The Labute approximate surface area is 273 Å². The standard InChI is InChI=1S/C36H48N4O5Si/c1-23-11-13-26(14-12-23)30-28-19-24(2)39-15-16-40(35-37-20-27(21-38-35)44-22-43-17-18-46(8,9)10)31(32(28)39)25(3)29(30)33(34(41)42-7)45-36(4,5)6/h11-14,19-21,33H,15-18,22H2,1-10H3/t33-/m0/s1. The van der Waals surface area contributed by atoms with Crippen LogP contribution in [0.4, 0.5) is 11.6 Å². The van der Waals surface area contributed by atoms with Gasteiger partial charge >= 0.3 is 5.97 Å². The first-order valence-corrected chi connectivity index (χ1v) is 19.7. The summed E-state index contributed by atoms with van der Waals surface area (Å²) in [5.74, 6) is 0.665. The van der Waals surface area contributed by atoms with E-state index in [0.717, 1.165) is 62.7 Å². The molecule has 3 heterocycles. The number of methoxy groups -OCH3 is 1. The van der Waals surface area contributed by atoms with Crippen LogP contribution in [-0.2, 0) is 25.5 Å². The lowest BCUT2D eigenvalue weighted by molar-refractivity contribution is -0.164. The number of aromatic nitrogens is 3. The molecule has 4 aromatic rings. The lowest BCUT2D eigenvalue weighted by Crippen LogP contribution is -2.32. The zero-order valence-electron chi connectivity index (χ0n) is 29.0. The predicted octanol–water partition coefficient (Wildman–Crippen LogP) is 7.90. The molecule has 0 aliphatic carbocycles. The number of esters is 1. The molecule has 0 unspecified atom stereocenters. The second-order valence-electron chi connectivity index (χ2n) is 14.3. The molecular weight excluding hydrogens is 597 g/mol. The van der Waals surface area contributed by atoms with Gasteiger partial charge in [0.2, 0.25) is 5.95 Å². The molecule has 1 aliphatic heterocycles. The monoisotopic (exact) mass is 644 g/mol. The van der Waals surface area contributed by atoms with Crippen molar-refractivity contribution in [1.29, 1.82) is 0 Å². The average Bonchev–Trinajstić information content (AvgIpc) is 3.33. The molecule has 246 valence electrons. The molecule has 2 aromatic carbocycles. The van der Waals surface area contributed by atoms with E-state index in [2.05, 4.69) is 80.2 Å². The van der Waals surface area contributed by atoms with E-state index in [-0.39, 0.29) is 6.79 Å². The predicted molar refractivity (Wildman–Crippen MR) is 186 cm³/mol. The van der Waals surface area contributed by atoms with Crippen LogP contribution in [-0.4, -0.2) is 61.2 Å². The van der Waals surface area contributed by atoms with Crippen molar-refractivity contribution in [3.63, 3.8) is 0 Å². The van der Waals surface area contributed by atoms with E-state index in [0.29, 0.717) is 24.8 Å². The van der Waals surface area contributed by atoms with Crippen LogP contribution in [0, 0.1) is 20.8 Å². The number of rotatable bonds is 11. The Balaban J connectivity index is 1.63. The van der Waals surface area contributed by atoms with Crippen molar-refractivity contribution < 1.29 is 23.7 Å². The van der Waals surface area contributed by atoms with Gasteiger partial charge in [0.15, 0.2) is 18.6 Å². The molecule has 0 fully saturated rings. The molecule has 0 bridgehead atoms. The van der Waals surface area contributed by atoms with Crippen molar-refractivity contribution in [1.82, 2.24) is 14.5 Å². The summed E-state index contributed by atoms with van der Waals surface area (Å²) in [7, 11) is 0.245. The first-order chi connectivity index (χ1) is 21.7. The highest BCUT2D eigenvalue weighted by Gasteiger charge is 2.37. The molecule has 5 rings (SSSR count). The summed E-state index contributed by atoms with van der Waals surface area (Å²) < 4.78 is 25.7. The minimum absolute atomic E-state index is 0.163. The van der Waals surface area contributed by atoms with Gasteiger partial charge in [-0.3, -0.25) is 0 Å². The first kappa shape index (κ1) is 33.6. The molecule has 10 heteroatoms. The van der Waals surface area contributed by atoms with Gasteiger partial charge in [0.25, 0.3) is 0 Å². The summed E-state index contributed by atoms with van der Waals surface area (Å²) in [5.41, 5.74) is 7.42. The molecule has 0 spiro atoms. The normalized spacial score (nSPS) is 14.1. The highest BCUT2D eigenvalue weighted by Crippen LogP contribution is 2.49. The summed E-state index contributed by atoms with van der Waals surface area (Å²) in [4.78, 5) is 25.2. The summed E-state index contributed by atoms with van der Waals surface area (Å²) in [6.07, 6.45) is 2.43. The number of hydrogen-bond acceptors (Lipinski definition) is 8. The number of nitrogens with zero attached hydrogens (tertiary/aromatic N) is 4. The van der Waals surface area contributed by atoms with Crippen molar-refractivity contribution in [2.24, 2.45) is 0 Å². The molecular formula is C36H48N4O5Si. The lowest BCUT2D eigenvalue weighted by atomic mass is 9.87. The molecule has 0 N–H and O–H groups in total. The van der Waals surface area contributed by atoms with Gasteiger partial charge in [-0.1, -0.05) is 49.5 Å². The van der Waals surface area contributed by atoms with Crippen LogP contribution in [0.2, 0.25) is 25.7 Å². The number of anilines is 2. The van der Waals surface area contributed by atoms with Crippen molar-refractivity contribution in [3.8, 4) is 16.9 Å². The molecule has 46 heavy (non-hydrogen) atoms. The number of carbonyl (C=O) groups excluding carboxylic acids is 1. The summed E-state index contributed by atoms with van der Waals surface area (Å²) >= 11 is 0. The molecule has 0 saturated heterocycles. The SMILES string of the molecule is COC(=O)[C@@H](OC(C)(C)C)c1c(C)c2c3c(cc(C)n3CCN2c2ncc(OCOCC[Si](C)(C)C)cn2)c1-c1ccc(C)cc1. The van der Waals surface area contributed by atoms with E-state index in [4.69, 9.17) is 28.9 Å². The van der Waals surface area contributed by atoms with Crippen LogP contribution in [0.3, 0.4) is 0 Å². The van der Waals surface area contributed by atoms with Gasteiger partial charge in [-0.2, -0.15) is 0 Å². The van der Waals surface area contributed by atoms with Gasteiger partial charge in [-0.05, 0) is 70.3 Å². The number of carbonyl (C=O) groups is 1. The van der Waals surface area contributed by atoms with Crippen molar-refractivity contribution in [2.45, 2.75) is 85.5 Å². The minimum Gasteiger partial charge on any atom is -0.467 e. The average molecular weight is 645 g/mol. The Hall–Kier alpha value is -3.73. The summed E-state index contributed by atoms with van der Waals surface area (Å²) in [5, 5.41) is 1.04. The molecule has 9 nitrogen and oxygen atoms in total. The lowest BCUT2D eigenvalue weighted by Gasteiger charge is -2.35. The van der Waals surface area contributed by atoms with E-state index in [1.165, 1.54) is 7.11 Å². The van der Waals surface area contributed by atoms with Gasteiger partial charge in [0, 0.05) is 44.4 Å². The van der Waals surface area contributed by atoms with E-state index in [1.54, 1.807) is 12.4 Å². The largest absolute Gasteiger partial charge is 0.467 e. The number of benzene rings is 2. The molecule has 0 amide bonds. The van der Waals surface area contributed by atoms with E-state index >= 15 is 0 Å². The van der Waals surface area contributed by atoms with Crippen molar-refractivity contribution in [2.75, 3.05) is 32.0 Å². The third kappa shape index (κ3) is 7.14. The van der Waals surface area contributed by atoms with Crippen LogP contribution in [0.15, 0.2) is 42.7 Å². The van der Waals surface area contributed by atoms with Gasteiger partial charge in [-0.15, -0.1) is 0 Å². The molecule has 0 saturated carbocycles. The number of aryl methyl sites for hydroxylation is 2. The van der Waals surface area contributed by atoms with E-state index in [1.807, 2.05) is 20.8 Å². The smallest absolute Gasteiger partial charge is 0.339 e. The fraction of sp³-hybridized carbons (Fsp3) is 0.472. The number of ether oxygens (including phenoxy) is 4. The Kier molecular flexibility index (Phi) is 9.63. The van der Waals surface area contributed by atoms with Gasteiger partial charge in [-0.25, -0.2) is 14.8 Å². The Bertz CT molecular complexity index is 1700. The van der Waals surface area contributed by atoms with Crippen molar-refractivity contribution >= 4 is 36.6 Å². The first-order valence-electron chi connectivity index (χ1n) is 16.0. The molecule has 2 aromatic heterocycles. The second kappa shape index (κ2) is 13.2. The molecule has 0 radical (unpaired) electrons. The van der Waals surface area contributed by atoms with Gasteiger partial charge in [0.1, 0.15) is 0 Å². The van der Waals surface area contributed by atoms with Crippen molar-refractivity contribution in [3.05, 3.63) is 65.1 Å². The summed E-state index contributed by atoms with van der Waals surface area (Å²) in [6, 6.07) is 11.7. The fourth-order valence-corrected chi connectivity index (χ4v) is 6.76. The van der Waals surface area contributed by atoms with Crippen LogP contribution in [0.1, 0.15) is 49.3 Å². The van der Waals surface area contributed by atoms with Crippen LogP contribution in [0.5, 0.6) is 5.75 Å². The molecule has 1 atom stereocenters. The van der Waals surface area contributed by atoms with Gasteiger partial charge in [0.05, 0.1) is 36.3 Å². The third-order valence-electron chi connectivity index (χ3n) is 8.29. The Morgan fingerprint density at radius 3 is 2.30 bits per heavy atom. The molecule has 1 aliphatic rings. The maximum atomic E-state index is 13.6. The third-order valence-corrected chi connectivity index (χ3v) is 10.00. The quantitative estimate of drug-likeness (QED) is 0.0705. The van der Waals surface area contributed by atoms with Crippen LogP contribution < -0.4 is 9.64 Å². The van der Waals surface area contributed by atoms with Gasteiger partial charge < -0.3 is 28.4 Å². The summed E-state index contributed by atoms with van der Waals surface area (Å²) in [6.45, 7) is 21.4.